The smallest absolute Gasteiger partial charge is 0.268 e. The van der Waals surface area contributed by atoms with E-state index in [1.165, 1.54) is 13.0 Å². The summed E-state index contributed by atoms with van der Waals surface area (Å²) in [5.74, 6) is -6.59. The van der Waals surface area contributed by atoms with Gasteiger partial charge in [-0.1, -0.05) is 69.7 Å². The summed E-state index contributed by atoms with van der Waals surface area (Å²) < 4.78 is 6.08. The van der Waals surface area contributed by atoms with Crippen molar-refractivity contribution in [3.8, 4) is 16.9 Å². The Hall–Kier alpha value is -6.74. The zero-order valence-electron chi connectivity index (χ0n) is 44.4. The van der Waals surface area contributed by atoms with Gasteiger partial charge in [0.25, 0.3) is 11.8 Å². The van der Waals surface area contributed by atoms with E-state index in [1.807, 2.05) is 58.9 Å². The molecule has 0 aliphatic carbocycles. The molecule has 21 N–H and O–H groups in total. The number of ether oxygens (including phenoxy) is 1. The van der Waals surface area contributed by atoms with Crippen molar-refractivity contribution in [1.82, 2.24) is 42.5 Å². The van der Waals surface area contributed by atoms with E-state index >= 15 is 0 Å². The number of hydrogen-bond acceptors (Lipinski definition) is 16. The molecule has 7 amide bonds. The molecule has 9 atom stereocenters. The van der Waals surface area contributed by atoms with Gasteiger partial charge in [0.15, 0.2) is 5.96 Å². The van der Waals surface area contributed by atoms with Gasteiger partial charge in [-0.25, -0.2) is 0 Å². The summed E-state index contributed by atoms with van der Waals surface area (Å²) >= 11 is 0. The van der Waals surface area contributed by atoms with Gasteiger partial charge in [-0.05, 0) is 87.6 Å². The summed E-state index contributed by atoms with van der Waals surface area (Å²) in [6.07, 6.45) is -3.08. The van der Waals surface area contributed by atoms with Gasteiger partial charge >= 0.3 is 0 Å². The molecule has 0 aromatic heterocycles. The largest absolute Gasteiger partial charge is 0.493 e. The van der Waals surface area contributed by atoms with Crippen LogP contribution in [0.3, 0.4) is 0 Å². The van der Waals surface area contributed by atoms with Crippen molar-refractivity contribution >= 4 is 47.3 Å². The lowest BCUT2D eigenvalue weighted by Gasteiger charge is -2.30. The number of aliphatic hydroxyl groups is 3. The summed E-state index contributed by atoms with van der Waals surface area (Å²) in [4.78, 5) is 103. The Kier molecular flexibility index (Phi) is 26.7. The van der Waals surface area contributed by atoms with Gasteiger partial charge in [-0.3, -0.25) is 38.6 Å². The second-order valence-corrected chi connectivity index (χ2v) is 19.5. The lowest BCUT2D eigenvalue weighted by Crippen LogP contribution is -2.64. The van der Waals surface area contributed by atoms with Crippen molar-refractivity contribution in [3.63, 3.8) is 0 Å². The number of allylic oxidation sites excluding steroid dienone is 1. The first kappa shape index (κ1) is 63.6. The van der Waals surface area contributed by atoms with Crippen LogP contribution in [0.25, 0.3) is 11.1 Å². The zero-order chi connectivity index (χ0) is 56.6. The lowest BCUT2D eigenvalue weighted by atomic mass is 10.00. The molecule has 0 spiro atoms. The van der Waals surface area contributed by atoms with E-state index in [9.17, 15) is 48.9 Å². The van der Waals surface area contributed by atoms with E-state index in [1.54, 1.807) is 18.2 Å². The Morgan fingerprint density at radius 3 is 2.05 bits per heavy atom. The van der Waals surface area contributed by atoms with Gasteiger partial charge in [0, 0.05) is 38.8 Å². The van der Waals surface area contributed by atoms with Gasteiger partial charge < -0.3 is 91.3 Å². The predicted molar refractivity (Wildman–Crippen MR) is 286 cm³/mol. The van der Waals surface area contributed by atoms with Crippen molar-refractivity contribution < 1.29 is 53.6 Å². The van der Waals surface area contributed by atoms with Crippen LogP contribution in [-0.2, 0) is 28.8 Å². The molecule has 2 aromatic carbocycles. The van der Waals surface area contributed by atoms with Crippen LogP contribution in [0.15, 0.2) is 59.2 Å². The number of aliphatic imine (C=N–C) groups is 1. The quantitative estimate of drug-likeness (QED) is 0.0283. The minimum absolute atomic E-state index is 0.0112. The highest BCUT2D eigenvalue weighted by Crippen LogP contribution is 2.28. The molecule has 422 valence electrons. The second-order valence-electron chi connectivity index (χ2n) is 19.5. The molecular formula is C51H82N14O11. The molecule has 1 heterocycles. The summed E-state index contributed by atoms with van der Waals surface area (Å²) in [6, 6.07) is 3.68. The number of β-amino-alcohol motifs (C(OH)–C–C–N with tert-alkyl or cyclic N) is 1. The number of nitrogens with one attached hydrogen (secondary N) is 8. The minimum Gasteiger partial charge on any atom is -0.493 e. The summed E-state index contributed by atoms with van der Waals surface area (Å²) in [5.41, 5.74) is 30.4. The summed E-state index contributed by atoms with van der Waals surface area (Å²) in [7, 11) is 0. The third-order valence-corrected chi connectivity index (χ3v) is 12.2. The first-order valence-electron chi connectivity index (χ1n) is 25.6. The highest BCUT2D eigenvalue weighted by Gasteiger charge is 2.38. The molecule has 0 bridgehead atoms. The van der Waals surface area contributed by atoms with Gasteiger partial charge in [-0.2, -0.15) is 0 Å². The van der Waals surface area contributed by atoms with E-state index in [4.69, 9.17) is 33.4 Å². The van der Waals surface area contributed by atoms with Crippen molar-refractivity contribution in [3.05, 3.63) is 65.4 Å². The van der Waals surface area contributed by atoms with Crippen molar-refractivity contribution in [2.24, 2.45) is 45.5 Å². The van der Waals surface area contributed by atoms with E-state index in [-0.39, 0.29) is 74.6 Å². The predicted octanol–water partition coefficient (Wildman–Crippen LogP) is -3.32. The molecule has 1 aliphatic rings. The van der Waals surface area contributed by atoms with Crippen LogP contribution in [-0.4, -0.2) is 163 Å². The van der Waals surface area contributed by atoms with Crippen molar-refractivity contribution in [1.29, 1.82) is 0 Å². The number of aliphatic hydroxyl groups excluding tert-OH is 3. The van der Waals surface area contributed by atoms with Crippen LogP contribution < -0.4 is 75.9 Å². The molecule has 6 unspecified atom stereocenters. The monoisotopic (exact) mass is 1070 g/mol. The molecule has 25 nitrogen and oxygen atoms in total. The number of carbonyl (C=O) groups excluding carboxylic acids is 7. The van der Waals surface area contributed by atoms with Crippen LogP contribution in [0.1, 0.15) is 82.6 Å². The minimum atomic E-state index is -2.01. The molecule has 76 heavy (non-hydrogen) atoms. The Labute approximate surface area is 444 Å². The highest BCUT2D eigenvalue weighted by atomic mass is 16.5. The maximum Gasteiger partial charge on any atom is 0.268 e. The number of amides is 7. The van der Waals surface area contributed by atoms with Crippen LogP contribution >= 0.6 is 0 Å². The summed E-state index contributed by atoms with van der Waals surface area (Å²) in [6.45, 7) is 9.37. The topological polar surface area (TPSA) is 428 Å². The molecule has 0 radical (unpaired) electrons. The summed E-state index contributed by atoms with van der Waals surface area (Å²) in [5, 5.41) is 54.6. The Morgan fingerprint density at radius 2 is 1.45 bits per heavy atom. The molecular weight excluding hydrogens is 985 g/mol. The van der Waals surface area contributed by atoms with E-state index in [2.05, 4.69) is 47.5 Å². The Bertz CT molecular complexity index is 2330. The molecule has 3 rings (SSSR count). The molecule has 1 fully saturated rings. The van der Waals surface area contributed by atoms with Crippen molar-refractivity contribution in [2.45, 2.75) is 128 Å². The fourth-order valence-electron chi connectivity index (χ4n) is 7.99. The van der Waals surface area contributed by atoms with Gasteiger partial charge in [0.05, 0.1) is 30.4 Å². The number of guanidine groups is 1. The number of nitrogens with two attached hydrogens (primary N) is 5. The lowest BCUT2D eigenvalue weighted by molar-refractivity contribution is -0.136. The maximum absolute atomic E-state index is 14.5. The van der Waals surface area contributed by atoms with Crippen LogP contribution in [0.4, 0.5) is 0 Å². The fraction of sp³-hybridized carbons (Fsp3) is 0.569. The number of rotatable bonds is 19. The highest BCUT2D eigenvalue weighted by molar-refractivity contribution is 6.04. The Balaban J connectivity index is 2.19. The van der Waals surface area contributed by atoms with Gasteiger partial charge in [-0.15, -0.1) is 0 Å². The number of benzene rings is 2. The Morgan fingerprint density at radius 1 is 0.803 bits per heavy atom. The number of nitrogens with zero attached hydrogens (tertiary/aromatic N) is 1. The molecule has 1 saturated heterocycles. The fourth-order valence-corrected chi connectivity index (χ4v) is 7.99. The van der Waals surface area contributed by atoms with Gasteiger partial charge in [0.2, 0.25) is 29.5 Å². The number of carbonyl (C=O) groups is 7. The third-order valence-electron chi connectivity index (χ3n) is 12.2. The normalized spacial score (nSPS) is 23.3. The first-order valence-corrected chi connectivity index (χ1v) is 25.6. The first-order chi connectivity index (χ1) is 36.0. The average Bonchev–Trinajstić information content (AvgIpc) is 3.37. The van der Waals surface area contributed by atoms with Gasteiger partial charge in [0.1, 0.15) is 41.7 Å². The maximum atomic E-state index is 14.5. The average molecular weight is 1070 g/mol. The van der Waals surface area contributed by atoms with E-state index in [0.717, 1.165) is 11.1 Å². The zero-order valence-corrected chi connectivity index (χ0v) is 44.4. The second kappa shape index (κ2) is 32.0. The molecule has 0 saturated carbocycles. The van der Waals surface area contributed by atoms with E-state index in [0.29, 0.717) is 18.4 Å². The van der Waals surface area contributed by atoms with Crippen LogP contribution in [0, 0.1) is 18.8 Å². The molecule has 1 aliphatic heterocycles. The third kappa shape index (κ3) is 20.4. The molecule has 25 heteroatoms. The standard InChI is InChI=1S/C51H82N14O11/c1-7-34-45(70)62-36(15-17-52)47(72)60-32(20-28(4)5)25-58-35(12-9-18-57-51(55)56)46(71)64-42(38(67)24-54)50(75)65-41(37(66)23-53)48(73)59-26-39(68)43(49(74)61-34)63-44(69)33-22-31(30-11-8-10-29(6)21-30)13-14-40(33)76-19-16-27(2)3/h7-8,10-11,13-14,21-22,27-28,32,35-39,41-43,58,66-68H,9,12,15-20,23-26,52-54H2,1-6H3,(H,59,73)(H,60,72)(H,61,74)(H,62,70)(H,63,69)(H,64,71)(H,65,75)(H4,55,56,57)/b34-7-/t32-,35-,36-,37?,38?,39?,41?,42?,43?/m0/s1. The van der Waals surface area contributed by atoms with Crippen LogP contribution in [0.2, 0.25) is 0 Å². The SMILES string of the molecule is C/C=C1\NC(=O)C(NC(=O)c2cc(-c3cccc(C)c3)ccc2OCCC(C)C)C(O)CNC(=O)C(C(O)CN)NC(=O)C(C(O)CN)NC(=O)[C@H](CCCN=C(N)N)NC[C@H](CC(C)C)NC(=O)[C@H](CCN)NC1=O. The van der Waals surface area contributed by atoms with Crippen LogP contribution in [0.5, 0.6) is 5.75 Å². The number of aryl methyl sites for hydroxylation is 1. The van der Waals surface area contributed by atoms with Crippen molar-refractivity contribution in [2.75, 3.05) is 45.9 Å². The molecule has 2 aromatic rings. The van der Waals surface area contributed by atoms with E-state index < -0.39 is 121 Å². The number of hydrogen-bond donors (Lipinski definition) is 16.